The van der Waals surface area contributed by atoms with Crippen molar-refractivity contribution in [1.29, 1.82) is 0 Å². The third-order valence-electron chi connectivity index (χ3n) is 2.67. The smallest absolute Gasteiger partial charge is 0.407 e. The molecule has 0 aromatic heterocycles. The molecule has 0 aliphatic carbocycles. The molecule has 0 aliphatic rings. The number of aliphatic hydroxyl groups excluding tert-OH is 2. The fraction of sp³-hybridized carbons (Fsp3) is 0.500. The zero-order valence-corrected chi connectivity index (χ0v) is 12.6. The zero-order valence-electron chi connectivity index (χ0n) is 12.6. The topological polar surface area (TPSA) is 105 Å². The molecule has 0 saturated heterocycles. The maximum absolute atomic E-state index is 13.7. The van der Waals surface area contributed by atoms with Crippen molar-refractivity contribution in [2.24, 2.45) is 0 Å². The minimum Gasteiger partial charge on any atom is -0.444 e. The average molecular weight is 318 g/mol. The molecule has 6 nitrogen and oxygen atoms in total. The van der Waals surface area contributed by atoms with Gasteiger partial charge in [-0.05, 0) is 32.9 Å². The van der Waals surface area contributed by atoms with Gasteiger partial charge >= 0.3 is 6.09 Å². The van der Waals surface area contributed by atoms with Gasteiger partial charge in [-0.25, -0.2) is 13.6 Å². The van der Waals surface area contributed by atoms with E-state index in [4.69, 9.17) is 10.5 Å². The molecule has 0 spiro atoms. The van der Waals surface area contributed by atoms with Gasteiger partial charge in [0.25, 0.3) is 0 Å². The molecule has 5 N–H and O–H groups in total. The quantitative estimate of drug-likeness (QED) is 0.629. The summed E-state index contributed by atoms with van der Waals surface area (Å²) < 4.78 is 32.3. The first-order valence-electron chi connectivity index (χ1n) is 6.59. The van der Waals surface area contributed by atoms with Gasteiger partial charge < -0.3 is 26.0 Å². The van der Waals surface area contributed by atoms with E-state index in [0.717, 1.165) is 12.1 Å². The van der Waals surface area contributed by atoms with Gasteiger partial charge in [0.2, 0.25) is 0 Å². The van der Waals surface area contributed by atoms with Crippen LogP contribution in [0.25, 0.3) is 0 Å². The Bertz CT molecular complexity index is 546. The van der Waals surface area contributed by atoms with E-state index in [1.807, 2.05) is 0 Å². The third-order valence-corrected chi connectivity index (χ3v) is 2.67. The number of aliphatic hydroxyl groups is 2. The lowest BCUT2D eigenvalue weighted by molar-refractivity contribution is 0.00959. The van der Waals surface area contributed by atoms with Crippen molar-refractivity contribution in [2.75, 3.05) is 12.3 Å². The van der Waals surface area contributed by atoms with Crippen molar-refractivity contribution >= 4 is 11.8 Å². The van der Waals surface area contributed by atoms with Crippen molar-refractivity contribution in [3.8, 4) is 0 Å². The molecule has 0 saturated carbocycles. The summed E-state index contributed by atoms with van der Waals surface area (Å²) in [7, 11) is 0. The first-order chi connectivity index (χ1) is 10.0. The first-order valence-corrected chi connectivity index (χ1v) is 6.59. The van der Waals surface area contributed by atoms with Crippen LogP contribution >= 0.6 is 0 Å². The number of alkyl carbamates (subject to hydrolysis) is 1. The Hall–Kier alpha value is -1.93. The molecular formula is C14H20F2N2O4. The SMILES string of the molecule is CC(C)(C)OC(=O)NCC(O)C(O)c1c(F)ccc(N)c1F. The number of ether oxygens (including phenoxy) is 1. The van der Waals surface area contributed by atoms with Crippen LogP contribution in [0.3, 0.4) is 0 Å². The lowest BCUT2D eigenvalue weighted by Gasteiger charge is -2.22. The highest BCUT2D eigenvalue weighted by atomic mass is 19.1. The Morgan fingerprint density at radius 3 is 2.50 bits per heavy atom. The number of hydrogen-bond donors (Lipinski definition) is 4. The van der Waals surface area contributed by atoms with E-state index < -0.39 is 47.6 Å². The fourth-order valence-electron chi connectivity index (χ4n) is 1.66. The number of halogens is 2. The highest BCUT2D eigenvalue weighted by Gasteiger charge is 2.27. The number of amides is 1. The highest BCUT2D eigenvalue weighted by molar-refractivity contribution is 5.67. The first kappa shape index (κ1) is 18.1. The van der Waals surface area contributed by atoms with Crippen LogP contribution in [-0.4, -0.2) is 34.6 Å². The van der Waals surface area contributed by atoms with Gasteiger partial charge in [0.1, 0.15) is 23.6 Å². The van der Waals surface area contributed by atoms with E-state index in [1.54, 1.807) is 20.8 Å². The number of benzene rings is 1. The van der Waals surface area contributed by atoms with Gasteiger partial charge in [-0.1, -0.05) is 0 Å². The average Bonchev–Trinajstić information content (AvgIpc) is 2.38. The number of carbonyl (C=O) groups is 1. The number of nitrogens with two attached hydrogens (primary N) is 1. The van der Waals surface area contributed by atoms with Crippen molar-refractivity contribution in [2.45, 2.75) is 38.6 Å². The lowest BCUT2D eigenvalue weighted by Crippen LogP contribution is -2.39. The van der Waals surface area contributed by atoms with E-state index >= 15 is 0 Å². The summed E-state index contributed by atoms with van der Waals surface area (Å²) in [5, 5.41) is 21.8. The molecule has 0 bridgehead atoms. The number of carbonyl (C=O) groups excluding carboxylic acids is 1. The minimum absolute atomic E-state index is 0.359. The van der Waals surface area contributed by atoms with Crippen LogP contribution in [0.15, 0.2) is 12.1 Å². The number of nitrogens with one attached hydrogen (secondary N) is 1. The number of hydrogen-bond acceptors (Lipinski definition) is 5. The Labute approximate surface area is 126 Å². The summed E-state index contributed by atoms with van der Waals surface area (Å²) in [6.07, 6.45) is -4.36. The van der Waals surface area contributed by atoms with Crippen LogP contribution in [0, 0.1) is 11.6 Å². The Kier molecular flexibility index (Phi) is 5.67. The molecular weight excluding hydrogens is 298 g/mol. The van der Waals surface area contributed by atoms with Crippen LogP contribution in [-0.2, 0) is 4.74 Å². The summed E-state index contributed by atoms with van der Waals surface area (Å²) in [6.45, 7) is 4.49. The third kappa shape index (κ3) is 4.81. The van der Waals surface area contributed by atoms with E-state index in [1.165, 1.54) is 0 Å². The van der Waals surface area contributed by atoms with Crippen LogP contribution in [0.4, 0.5) is 19.3 Å². The van der Waals surface area contributed by atoms with E-state index in [9.17, 15) is 23.8 Å². The number of anilines is 1. The second-order valence-corrected chi connectivity index (χ2v) is 5.76. The maximum atomic E-state index is 13.7. The molecule has 0 aliphatic heterocycles. The van der Waals surface area contributed by atoms with Crippen LogP contribution in [0.1, 0.15) is 32.4 Å². The molecule has 0 radical (unpaired) electrons. The molecule has 2 atom stereocenters. The van der Waals surface area contributed by atoms with Crippen molar-refractivity contribution < 1.29 is 28.5 Å². The van der Waals surface area contributed by atoms with Gasteiger partial charge in [-0.2, -0.15) is 0 Å². The van der Waals surface area contributed by atoms with Gasteiger partial charge in [0, 0.05) is 6.54 Å². The van der Waals surface area contributed by atoms with E-state index in [2.05, 4.69) is 5.32 Å². The fourth-order valence-corrected chi connectivity index (χ4v) is 1.66. The van der Waals surface area contributed by atoms with Gasteiger partial charge in [-0.3, -0.25) is 0 Å². The van der Waals surface area contributed by atoms with Gasteiger partial charge in [0.15, 0.2) is 5.82 Å². The molecule has 124 valence electrons. The largest absolute Gasteiger partial charge is 0.444 e. The predicted molar refractivity (Wildman–Crippen MR) is 76.0 cm³/mol. The van der Waals surface area contributed by atoms with E-state index in [-0.39, 0.29) is 5.69 Å². The lowest BCUT2D eigenvalue weighted by atomic mass is 10.0. The maximum Gasteiger partial charge on any atom is 0.407 e. The summed E-state index contributed by atoms with van der Waals surface area (Å²) in [4.78, 5) is 11.4. The normalized spacial score (nSPS) is 14.3. The summed E-state index contributed by atoms with van der Waals surface area (Å²) in [5.74, 6) is -2.20. The van der Waals surface area contributed by atoms with Crippen molar-refractivity contribution in [1.82, 2.24) is 5.32 Å². The minimum atomic E-state index is -1.89. The van der Waals surface area contributed by atoms with Crippen LogP contribution < -0.4 is 11.1 Å². The molecule has 0 fully saturated rings. The summed E-state index contributed by atoms with van der Waals surface area (Å²) in [5.41, 5.74) is 3.45. The monoisotopic (exact) mass is 318 g/mol. The van der Waals surface area contributed by atoms with Crippen LogP contribution in [0.2, 0.25) is 0 Å². The summed E-state index contributed by atoms with van der Waals surface area (Å²) >= 11 is 0. The molecule has 1 aromatic carbocycles. The van der Waals surface area contributed by atoms with Crippen molar-refractivity contribution in [3.63, 3.8) is 0 Å². The zero-order chi connectivity index (χ0) is 17.1. The Morgan fingerprint density at radius 1 is 1.36 bits per heavy atom. The number of nitrogen functional groups attached to an aromatic ring is 1. The van der Waals surface area contributed by atoms with Gasteiger partial charge in [0.05, 0.1) is 11.3 Å². The van der Waals surface area contributed by atoms with E-state index in [0.29, 0.717) is 0 Å². The molecule has 0 heterocycles. The molecule has 1 rings (SSSR count). The van der Waals surface area contributed by atoms with Gasteiger partial charge in [-0.15, -0.1) is 0 Å². The second kappa shape index (κ2) is 6.89. The van der Waals surface area contributed by atoms with Crippen LogP contribution in [0.5, 0.6) is 0 Å². The standard InChI is InChI=1S/C14H20F2N2O4/c1-14(2,3)22-13(21)18-6-9(19)12(20)10-7(15)4-5-8(17)11(10)16/h4-5,9,12,19-20H,6,17H2,1-3H3,(H,18,21). The predicted octanol–water partition coefficient (Wildman–Crippen LogP) is 1.47. The highest BCUT2D eigenvalue weighted by Crippen LogP contribution is 2.26. The summed E-state index contributed by atoms with van der Waals surface area (Å²) in [6, 6.07) is 1.89. The molecule has 2 unspecified atom stereocenters. The van der Waals surface area contributed by atoms with Crippen molar-refractivity contribution in [3.05, 3.63) is 29.3 Å². The molecule has 8 heteroatoms. The molecule has 1 aromatic rings. The second-order valence-electron chi connectivity index (χ2n) is 5.76. The molecule has 22 heavy (non-hydrogen) atoms. The number of rotatable bonds is 4. The Morgan fingerprint density at radius 2 is 1.95 bits per heavy atom. The Balaban J connectivity index is 2.72. The molecule has 1 amide bonds.